The highest BCUT2D eigenvalue weighted by Crippen LogP contribution is 2.23. The van der Waals surface area contributed by atoms with Crippen LogP contribution in [0.2, 0.25) is 0 Å². The second kappa shape index (κ2) is 4.88. The summed E-state index contributed by atoms with van der Waals surface area (Å²) in [6.45, 7) is 2.05. The lowest BCUT2D eigenvalue weighted by molar-refractivity contribution is 0.509. The summed E-state index contributed by atoms with van der Waals surface area (Å²) >= 11 is 6.03. The fourth-order valence-electron chi connectivity index (χ4n) is 1.71. The van der Waals surface area contributed by atoms with Crippen molar-refractivity contribution in [2.24, 2.45) is 0 Å². The van der Waals surface area contributed by atoms with Crippen LogP contribution in [0, 0.1) is 5.82 Å². The molecule has 0 saturated heterocycles. The van der Waals surface area contributed by atoms with Gasteiger partial charge in [0.05, 0.1) is 0 Å². The SMILES string of the molecule is CCC(Cl)CCc1cc2cccc(F)c2o1. The first-order chi connectivity index (χ1) is 7.70. The first-order valence-electron chi connectivity index (χ1n) is 5.51. The smallest absolute Gasteiger partial charge is 0.169 e. The van der Waals surface area contributed by atoms with Crippen molar-refractivity contribution in [1.82, 2.24) is 0 Å². The lowest BCUT2D eigenvalue weighted by atomic mass is 10.1. The third-order valence-electron chi connectivity index (χ3n) is 2.69. The Morgan fingerprint density at radius 3 is 2.94 bits per heavy atom. The van der Waals surface area contributed by atoms with E-state index in [9.17, 15) is 4.39 Å². The molecule has 2 aromatic rings. The van der Waals surface area contributed by atoms with E-state index in [0.29, 0.717) is 5.58 Å². The summed E-state index contributed by atoms with van der Waals surface area (Å²) in [5.74, 6) is 0.501. The van der Waals surface area contributed by atoms with Crippen molar-refractivity contribution < 1.29 is 8.81 Å². The van der Waals surface area contributed by atoms with E-state index < -0.39 is 0 Å². The van der Waals surface area contributed by atoms with Crippen molar-refractivity contribution in [3.63, 3.8) is 0 Å². The maximum atomic E-state index is 13.3. The molecule has 0 aliphatic carbocycles. The van der Waals surface area contributed by atoms with Crippen molar-refractivity contribution in [1.29, 1.82) is 0 Å². The minimum Gasteiger partial charge on any atom is -0.458 e. The van der Waals surface area contributed by atoms with Crippen LogP contribution in [0.4, 0.5) is 4.39 Å². The average Bonchev–Trinajstić information content (AvgIpc) is 2.70. The van der Waals surface area contributed by atoms with Crippen molar-refractivity contribution in [3.8, 4) is 0 Å². The molecule has 0 N–H and O–H groups in total. The van der Waals surface area contributed by atoms with Gasteiger partial charge in [-0.25, -0.2) is 4.39 Å². The van der Waals surface area contributed by atoms with Gasteiger partial charge in [-0.1, -0.05) is 19.1 Å². The van der Waals surface area contributed by atoms with E-state index in [1.165, 1.54) is 6.07 Å². The Bertz CT molecular complexity index is 478. The molecule has 1 nitrogen and oxygen atoms in total. The molecule has 0 bridgehead atoms. The Morgan fingerprint density at radius 2 is 2.25 bits per heavy atom. The minimum absolute atomic E-state index is 0.165. The largest absolute Gasteiger partial charge is 0.458 e. The van der Waals surface area contributed by atoms with Gasteiger partial charge in [0.25, 0.3) is 0 Å². The molecule has 1 unspecified atom stereocenters. The van der Waals surface area contributed by atoms with Crippen molar-refractivity contribution in [2.75, 3.05) is 0 Å². The van der Waals surface area contributed by atoms with Crippen LogP contribution >= 0.6 is 11.6 Å². The molecule has 1 atom stereocenters. The number of rotatable bonds is 4. The Hall–Kier alpha value is -1.02. The number of benzene rings is 1. The van der Waals surface area contributed by atoms with Crippen LogP contribution < -0.4 is 0 Å². The zero-order valence-corrected chi connectivity index (χ0v) is 9.93. The molecular formula is C13H14ClFO. The van der Waals surface area contributed by atoms with E-state index in [2.05, 4.69) is 6.92 Å². The number of aryl methyl sites for hydroxylation is 1. The van der Waals surface area contributed by atoms with Gasteiger partial charge in [0.15, 0.2) is 11.4 Å². The Kier molecular flexibility index (Phi) is 3.49. The fourth-order valence-corrected chi connectivity index (χ4v) is 1.82. The summed E-state index contributed by atoms with van der Waals surface area (Å²) in [7, 11) is 0. The molecule has 0 amide bonds. The van der Waals surface area contributed by atoms with E-state index in [1.54, 1.807) is 6.07 Å². The highest BCUT2D eigenvalue weighted by Gasteiger charge is 2.09. The molecular weight excluding hydrogens is 227 g/mol. The topological polar surface area (TPSA) is 13.1 Å². The molecule has 0 aliphatic rings. The summed E-state index contributed by atoms with van der Waals surface area (Å²) in [4.78, 5) is 0. The third-order valence-corrected chi connectivity index (χ3v) is 3.22. The monoisotopic (exact) mass is 240 g/mol. The normalized spacial score (nSPS) is 13.2. The first kappa shape index (κ1) is 11.5. The quantitative estimate of drug-likeness (QED) is 0.716. The van der Waals surface area contributed by atoms with E-state index >= 15 is 0 Å². The zero-order valence-electron chi connectivity index (χ0n) is 9.17. The number of hydrogen-bond acceptors (Lipinski definition) is 1. The molecule has 1 heterocycles. The highest BCUT2D eigenvalue weighted by molar-refractivity contribution is 6.20. The van der Waals surface area contributed by atoms with Gasteiger partial charge < -0.3 is 4.42 Å². The molecule has 0 spiro atoms. The van der Waals surface area contributed by atoms with Crippen LogP contribution in [-0.2, 0) is 6.42 Å². The summed E-state index contributed by atoms with van der Waals surface area (Å²) in [5, 5.41) is 0.982. The summed E-state index contributed by atoms with van der Waals surface area (Å²) in [5.41, 5.74) is 0.347. The second-order valence-electron chi connectivity index (χ2n) is 3.92. The van der Waals surface area contributed by atoms with Crippen molar-refractivity contribution >= 4 is 22.6 Å². The van der Waals surface area contributed by atoms with Crippen molar-refractivity contribution in [3.05, 3.63) is 35.8 Å². The third kappa shape index (κ3) is 2.38. The lowest BCUT2D eigenvalue weighted by Crippen LogP contribution is -1.97. The molecule has 3 heteroatoms. The summed E-state index contributed by atoms with van der Waals surface area (Å²) in [6.07, 6.45) is 2.56. The lowest BCUT2D eigenvalue weighted by Gasteiger charge is -2.02. The van der Waals surface area contributed by atoms with Crippen LogP contribution in [0.1, 0.15) is 25.5 Å². The number of fused-ring (bicyclic) bond motifs is 1. The van der Waals surface area contributed by atoms with Crippen LogP contribution in [0.25, 0.3) is 11.0 Å². The van der Waals surface area contributed by atoms with Gasteiger partial charge in [0.2, 0.25) is 0 Å². The molecule has 1 aromatic heterocycles. The first-order valence-corrected chi connectivity index (χ1v) is 5.95. The van der Waals surface area contributed by atoms with E-state index in [1.807, 2.05) is 12.1 Å². The Labute approximate surface area is 99.2 Å². The number of hydrogen-bond donors (Lipinski definition) is 0. The Morgan fingerprint density at radius 1 is 1.44 bits per heavy atom. The van der Waals surface area contributed by atoms with Crippen LogP contribution in [0.3, 0.4) is 0 Å². The van der Waals surface area contributed by atoms with Gasteiger partial charge in [0, 0.05) is 17.2 Å². The maximum absolute atomic E-state index is 13.3. The molecule has 86 valence electrons. The molecule has 0 radical (unpaired) electrons. The number of para-hydroxylation sites is 1. The summed E-state index contributed by atoms with van der Waals surface area (Å²) < 4.78 is 18.8. The standard InChI is InChI=1S/C13H14ClFO/c1-2-10(14)6-7-11-8-9-4-3-5-12(15)13(9)16-11/h3-5,8,10H,2,6-7H2,1H3. The summed E-state index contributed by atoms with van der Waals surface area (Å²) in [6, 6.07) is 6.83. The number of alkyl halides is 1. The van der Waals surface area contributed by atoms with Gasteiger partial charge >= 0.3 is 0 Å². The predicted octanol–water partition coefficient (Wildman–Crippen LogP) is 4.52. The van der Waals surface area contributed by atoms with Gasteiger partial charge in [-0.3, -0.25) is 0 Å². The van der Waals surface area contributed by atoms with E-state index in [0.717, 1.165) is 30.4 Å². The number of furan rings is 1. The Balaban J connectivity index is 2.17. The fraction of sp³-hybridized carbons (Fsp3) is 0.385. The van der Waals surface area contributed by atoms with E-state index in [-0.39, 0.29) is 11.2 Å². The predicted molar refractivity (Wildman–Crippen MR) is 64.4 cm³/mol. The van der Waals surface area contributed by atoms with Crippen molar-refractivity contribution in [2.45, 2.75) is 31.6 Å². The molecule has 2 rings (SSSR count). The van der Waals surface area contributed by atoms with Gasteiger partial charge in [0.1, 0.15) is 5.76 Å². The van der Waals surface area contributed by atoms with Crippen LogP contribution in [0.15, 0.2) is 28.7 Å². The van der Waals surface area contributed by atoms with Gasteiger partial charge in [-0.2, -0.15) is 0 Å². The zero-order chi connectivity index (χ0) is 11.5. The van der Waals surface area contributed by atoms with Gasteiger partial charge in [-0.05, 0) is 25.0 Å². The second-order valence-corrected chi connectivity index (χ2v) is 4.53. The molecule has 0 saturated carbocycles. The number of halogens is 2. The molecule has 16 heavy (non-hydrogen) atoms. The average molecular weight is 241 g/mol. The van der Waals surface area contributed by atoms with Crippen LogP contribution in [0.5, 0.6) is 0 Å². The molecule has 0 fully saturated rings. The maximum Gasteiger partial charge on any atom is 0.169 e. The minimum atomic E-state index is -0.304. The van der Waals surface area contributed by atoms with E-state index in [4.69, 9.17) is 16.0 Å². The highest BCUT2D eigenvalue weighted by atomic mass is 35.5. The molecule has 1 aromatic carbocycles. The van der Waals surface area contributed by atoms with Gasteiger partial charge in [-0.15, -0.1) is 11.6 Å². The molecule has 0 aliphatic heterocycles. The van der Waals surface area contributed by atoms with Crippen LogP contribution in [-0.4, -0.2) is 5.38 Å².